The molecule has 0 bridgehead atoms. The molecule has 0 fully saturated rings. The lowest BCUT2D eigenvalue weighted by Crippen LogP contribution is -2.31. The molecule has 2 amide bonds. The van der Waals surface area contributed by atoms with Crippen LogP contribution in [-0.4, -0.2) is 57.5 Å². The minimum atomic E-state index is -0.0745. The summed E-state index contributed by atoms with van der Waals surface area (Å²) in [6.45, 7) is 2.76. The minimum Gasteiger partial charge on any atom is -0.352 e. The minimum absolute atomic E-state index is 0. The monoisotopic (exact) mass is 392 g/mol. The summed E-state index contributed by atoms with van der Waals surface area (Å²) in [7, 11) is 5.80. The van der Waals surface area contributed by atoms with Gasteiger partial charge in [-0.3, -0.25) is 9.59 Å². The Morgan fingerprint density at radius 1 is 1.00 bits per heavy atom. The topological polar surface area (TPSA) is 73.5 Å². The Bertz CT molecular complexity index is 496. The molecule has 0 aromatic heterocycles. The van der Waals surface area contributed by atoms with E-state index in [0.29, 0.717) is 25.1 Å². The Morgan fingerprint density at radius 3 is 2.20 bits per heavy atom. The van der Waals surface area contributed by atoms with Crippen molar-refractivity contribution in [1.29, 1.82) is 0 Å². The molecule has 0 aliphatic rings. The van der Waals surface area contributed by atoms with E-state index >= 15 is 0 Å². The van der Waals surface area contributed by atoms with Crippen LogP contribution >= 0.6 is 24.8 Å². The molecule has 0 radical (unpaired) electrons. The molecule has 144 valence electrons. The van der Waals surface area contributed by atoms with Gasteiger partial charge < -0.3 is 20.9 Å². The SMILES string of the molecule is CNCCCC(=O)NCc1ccc(C(=O)NCCN(C)C)cc1.Cl.Cl. The summed E-state index contributed by atoms with van der Waals surface area (Å²) in [5.74, 6) is -0.0275. The summed E-state index contributed by atoms with van der Waals surface area (Å²) in [6.07, 6.45) is 1.35. The van der Waals surface area contributed by atoms with E-state index in [-0.39, 0.29) is 36.6 Å². The highest BCUT2D eigenvalue weighted by molar-refractivity contribution is 5.94. The Morgan fingerprint density at radius 2 is 1.64 bits per heavy atom. The van der Waals surface area contributed by atoms with E-state index in [1.54, 1.807) is 12.1 Å². The fraction of sp³-hybridized carbons (Fsp3) is 0.529. The lowest BCUT2D eigenvalue weighted by molar-refractivity contribution is -0.121. The van der Waals surface area contributed by atoms with E-state index in [2.05, 4.69) is 16.0 Å². The summed E-state index contributed by atoms with van der Waals surface area (Å²) in [5.41, 5.74) is 1.62. The first-order valence-corrected chi connectivity index (χ1v) is 7.96. The fourth-order valence-corrected chi connectivity index (χ4v) is 1.98. The molecule has 25 heavy (non-hydrogen) atoms. The van der Waals surface area contributed by atoms with Crippen molar-refractivity contribution in [3.8, 4) is 0 Å². The number of nitrogens with zero attached hydrogens (tertiary/aromatic N) is 1. The van der Waals surface area contributed by atoms with Crippen LogP contribution in [0.5, 0.6) is 0 Å². The summed E-state index contributed by atoms with van der Waals surface area (Å²) in [4.78, 5) is 25.6. The first-order chi connectivity index (χ1) is 11.0. The van der Waals surface area contributed by atoms with Gasteiger partial charge in [-0.25, -0.2) is 0 Å². The van der Waals surface area contributed by atoms with Crippen molar-refractivity contribution in [1.82, 2.24) is 20.9 Å². The highest BCUT2D eigenvalue weighted by Crippen LogP contribution is 2.04. The van der Waals surface area contributed by atoms with E-state index in [1.165, 1.54) is 0 Å². The van der Waals surface area contributed by atoms with Crippen LogP contribution in [0.3, 0.4) is 0 Å². The van der Waals surface area contributed by atoms with Gasteiger partial charge in [0.1, 0.15) is 0 Å². The lowest BCUT2D eigenvalue weighted by Gasteiger charge is -2.11. The second-order valence-corrected chi connectivity index (χ2v) is 5.74. The van der Waals surface area contributed by atoms with Gasteiger partial charge in [0.2, 0.25) is 5.91 Å². The van der Waals surface area contributed by atoms with Crippen LogP contribution in [0.15, 0.2) is 24.3 Å². The lowest BCUT2D eigenvalue weighted by atomic mass is 10.1. The van der Waals surface area contributed by atoms with Crippen molar-refractivity contribution in [3.63, 3.8) is 0 Å². The molecule has 6 nitrogen and oxygen atoms in total. The molecule has 0 aliphatic heterocycles. The van der Waals surface area contributed by atoms with Crippen LogP contribution in [-0.2, 0) is 11.3 Å². The normalized spacial score (nSPS) is 9.76. The van der Waals surface area contributed by atoms with Crippen molar-refractivity contribution in [2.75, 3.05) is 40.8 Å². The van der Waals surface area contributed by atoms with Crippen LogP contribution in [0.4, 0.5) is 0 Å². The van der Waals surface area contributed by atoms with E-state index in [4.69, 9.17) is 0 Å². The molecule has 0 atom stereocenters. The zero-order valence-electron chi connectivity index (χ0n) is 15.1. The molecule has 0 saturated heterocycles. The molecule has 1 rings (SSSR count). The van der Waals surface area contributed by atoms with Crippen LogP contribution in [0.1, 0.15) is 28.8 Å². The number of amides is 2. The molecule has 0 spiro atoms. The number of likely N-dealkylation sites (N-methyl/N-ethyl adjacent to an activating group) is 1. The van der Waals surface area contributed by atoms with Gasteiger partial charge in [0.05, 0.1) is 0 Å². The molecule has 3 N–H and O–H groups in total. The van der Waals surface area contributed by atoms with E-state index in [9.17, 15) is 9.59 Å². The first-order valence-electron chi connectivity index (χ1n) is 7.96. The van der Waals surface area contributed by atoms with Gasteiger partial charge >= 0.3 is 0 Å². The number of halogens is 2. The number of carbonyl (C=O) groups excluding carboxylic acids is 2. The Hall–Kier alpha value is -1.34. The van der Waals surface area contributed by atoms with Crippen molar-refractivity contribution >= 4 is 36.6 Å². The van der Waals surface area contributed by atoms with Gasteiger partial charge in [-0.1, -0.05) is 12.1 Å². The smallest absolute Gasteiger partial charge is 0.251 e. The maximum Gasteiger partial charge on any atom is 0.251 e. The molecule has 0 unspecified atom stereocenters. The number of benzene rings is 1. The van der Waals surface area contributed by atoms with Gasteiger partial charge in [0.25, 0.3) is 5.91 Å². The molecule has 1 aromatic carbocycles. The molecule has 0 saturated carbocycles. The third-order valence-corrected chi connectivity index (χ3v) is 3.38. The maximum atomic E-state index is 11.9. The van der Waals surface area contributed by atoms with E-state index in [0.717, 1.165) is 25.1 Å². The third-order valence-electron chi connectivity index (χ3n) is 3.38. The number of nitrogens with one attached hydrogen (secondary N) is 3. The second kappa shape index (κ2) is 15.0. The predicted octanol–water partition coefficient (Wildman–Crippen LogP) is 1.44. The largest absolute Gasteiger partial charge is 0.352 e. The molecular formula is C17H30Cl2N4O2. The van der Waals surface area contributed by atoms with Crippen LogP contribution in [0.2, 0.25) is 0 Å². The van der Waals surface area contributed by atoms with Crippen LogP contribution in [0, 0.1) is 0 Å². The summed E-state index contributed by atoms with van der Waals surface area (Å²) in [6, 6.07) is 7.31. The van der Waals surface area contributed by atoms with Gasteiger partial charge in [-0.2, -0.15) is 0 Å². The fourth-order valence-electron chi connectivity index (χ4n) is 1.98. The van der Waals surface area contributed by atoms with Crippen molar-refractivity contribution in [2.45, 2.75) is 19.4 Å². The number of carbonyl (C=O) groups is 2. The number of hydrogen-bond donors (Lipinski definition) is 3. The van der Waals surface area contributed by atoms with Gasteiger partial charge in [-0.15, -0.1) is 24.8 Å². The highest BCUT2D eigenvalue weighted by atomic mass is 35.5. The van der Waals surface area contributed by atoms with Crippen molar-refractivity contribution < 1.29 is 9.59 Å². The molecule has 0 heterocycles. The maximum absolute atomic E-state index is 11.9. The van der Waals surface area contributed by atoms with E-state index < -0.39 is 0 Å². The zero-order chi connectivity index (χ0) is 17.1. The standard InChI is InChI=1S/C17H28N4O2.2ClH/c1-18-10-4-5-16(22)20-13-14-6-8-15(9-7-14)17(23)19-11-12-21(2)3;;/h6-9,18H,4-5,10-13H2,1-3H3,(H,19,23)(H,20,22);2*1H. The van der Waals surface area contributed by atoms with Crippen LogP contribution in [0.25, 0.3) is 0 Å². The molecule has 8 heteroatoms. The highest BCUT2D eigenvalue weighted by Gasteiger charge is 2.05. The average Bonchev–Trinajstić information content (AvgIpc) is 2.53. The Labute approximate surface area is 162 Å². The molecular weight excluding hydrogens is 363 g/mol. The Kier molecular flexibility index (Phi) is 15.5. The quantitative estimate of drug-likeness (QED) is 0.526. The first kappa shape index (κ1) is 25.9. The number of hydrogen-bond acceptors (Lipinski definition) is 4. The zero-order valence-corrected chi connectivity index (χ0v) is 16.8. The number of rotatable bonds is 10. The third kappa shape index (κ3) is 11.8. The average molecular weight is 393 g/mol. The van der Waals surface area contributed by atoms with Gasteiger partial charge in [0.15, 0.2) is 0 Å². The second-order valence-electron chi connectivity index (χ2n) is 5.74. The summed E-state index contributed by atoms with van der Waals surface area (Å²) in [5, 5.41) is 8.77. The van der Waals surface area contributed by atoms with Crippen LogP contribution < -0.4 is 16.0 Å². The molecule has 1 aromatic rings. The van der Waals surface area contributed by atoms with Crippen molar-refractivity contribution in [3.05, 3.63) is 35.4 Å². The van der Waals surface area contributed by atoms with Crippen molar-refractivity contribution in [2.24, 2.45) is 0 Å². The summed E-state index contributed by atoms with van der Waals surface area (Å²) < 4.78 is 0. The summed E-state index contributed by atoms with van der Waals surface area (Å²) >= 11 is 0. The predicted molar refractivity (Wildman–Crippen MR) is 107 cm³/mol. The Balaban J connectivity index is 0. The van der Waals surface area contributed by atoms with Gasteiger partial charge in [0, 0.05) is 31.6 Å². The molecule has 0 aliphatic carbocycles. The van der Waals surface area contributed by atoms with Gasteiger partial charge in [-0.05, 0) is 51.8 Å². The van der Waals surface area contributed by atoms with E-state index in [1.807, 2.05) is 38.2 Å².